The number of carbonyl (C=O) groups is 1. The Morgan fingerprint density at radius 1 is 1.42 bits per heavy atom. The zero-order chi connectivity index (χ0) is 18.1. The highest BCUT2D eigenvalue weighted by atomic mass is 16.5. The SMILES string of the molecule is CCN(CC1CCOC1)C(=O)c1cc(C)nc2onc(-c3ccco3)c12. The van der Waals surface area contributed by atoms with Crippen LogP contribution in [0.15, 0.2) is 33.4 Å². The lowest BCUT2D eigenvalue weighted by Gasteiger charge is -2.24. The monoisotopic (exact) mass is 355 g/mol. The fourth-order valence-corrected chi connectivity index (χ4v) is 3.39. The Kier molecular flexibility index (Phi) is 4.46. The summed E-state index contributed by atoms with van der Waals surface area (Å²) < 4.78 is 16.3. The van der Waals surface area contributed by atoms with Crippen LogP contribution in [0.2, 0.25) is 0 Å². The number of fused-ring (bicyclic) bond motifs is 1. The lowest BCUT2D eigenvalue weighted by Crippen LogP contribution is -2.35. The maximum atomic E-state index is 13.3. The summed E-state index contributed by atoms with van der Waals surface area (Å²) in [5.41, 5.74) is 2.10. The standard InChI is InChI=1S/C19H21N3O4/c1-3-22(10-13-6-8-24-11-13)19(23)14-9-12(2)20-18-16(14)17(21-26-18)15-5-4-7-25-15/h4-5,7,9,13H,3,6,8,10-11H2,1-2H3. The van der Waals surface area contributed by atoms with Crippen LogP contribution in [-0.4, -0.2) is 47.3 Å². The molecular weight excluding hydrogens is 334 g/mol. The summed E-state index contributed by atoms with van der Waals surface area (Å²) in [6.07, 6.45) is 2.55. The average molecular weight is 355 g/mol. The highest BCUT2D eigenvalue weighted by Crippen LogP contribution is 2.31. The Balaban J connectivity index is 1.76. The van der Waals surface area contributed by atoms with Gasteiger partial charge in [0.05, 0.1) is 23.8 Å². The van der Waals surface area contributed by atoms with E-state index in [4.69, 9.17) is 13.7 Å². The molecule has 4 rings (SSSR count). The number of hydrogen-bond acceptors (Lipinski definition) is 6. The van der Waals surface area contributed by atoms with Gasteiger partial charge in [0.15, 0.2) is 11.5 Å². The average Bonchev–Trinajstić information content (AvgIpc) is 3.38. The molecule has 1 saturated heterocycles. The lowest BCUT2D eigenvalue weighted by molar-refractivity contribution is 0.0732. The van der Waals surface area contributed by atoms with E-state index in [1.807, 2.05) is 18.7 Å². The Labute approximate surface area is 150 Å². The van der Waals surface area contributed by atoms with E-state index in [9.17, 15) is 4.79 Å². The second-order valence-corrected chi connectivity index (χ2v) is 6.57. The van der Waals surface area contributed by atoms with Gasteiger partial charge < -0.3 is 18.6 Å². The van der Waals surface area contributed by atoms with Crippen LogP contribution in [0.4, 0.5) is 0 Å². The third-order valence-corrected chi connectivity index (χ3v) is 4.73. The maximum absolute atomic E-state index is 13.3. The van der Waals surface area contributed by atoms with Gasteiger partial charge in [0.1, 0.15) is 0 Å². The second kappa shape index (κ2) is 6.92. The van der Waals surface area contributed by atoms with Crippen molar-refractivity contribution in [3.05, 3.63) is 35.7 Å². The van der Waals surface area contributed by atoms with E-state index in [0.717, 1.165) is 13.0 Å². The van der Waals surface area contributed by atoms with Crippen molar-refractivity contribution in [2.75, 3.05) is 26.3 Å². The molecule has 0 saturated carbocycles. The number of furan rings is 1. The number of nitrogens with zero attached hydrogens (tertiary/aromatic N) is 3. The smallest absolute Gasteiger partial charge is 0.259 e. The minimum absolute atomic E-state index is 0.0501. The molecule has 3 aromatic heterocycles. The molecule has 0 radical (unpaired) electrons. The molecule has 1 aliphatic rings. The fraction of sp³-hybridized carbons (Fsp3) is 0.421. The van der Waals surface area contributed by atoms with Crippen LogP contribution in [0.3, 0.4) is 0 Å². The van der Waals surface area contributed by atoms with Gasteiger partial charge >= 0.3 is 0 Å². The third kappa shape index (κ3) is 2.99. The predicted molar refractivity (Wildman–Crippen MR) is 94.7 cm³/mol. The van der Waals surface area contributed by atoms with Gasteiger partial charge in [0.25, 0.3) is 11.6 Å². The molecular formula is C19H21N3O4. The first kappa shape index (κ1) is 16.8. The molecule has 3 aromatic rings. The molecule has 0 N–H and O–H groups in total. The summed E-state index contributed by atoms with van der Waals surface area (Å²) in [4.78, 5) is 19.5. The van der Waals surface area contributed by atoms with Crippen molar-refractivity contribution in [2.24, 2.45) is 5.92 Å². The molecule has 7 heteroatoms. The highest BCUT2D eigenvalue weighted by Gasteiger charge is 2.27. The van der Waals surface area contributed by atoms with E-state index in [0.29, 0.717) is 59.4 Å². The van der Waals surface area contributed by atoms with Gasteiger partial charge in [0, 0.05) is 31.3 Å². The fourth-order valence-electron chi connectivity index (χ4n) is 3.39. The molecule has 0 aromatic carbocycles. The van der Waals surface area contributed by atoms with Crippen LogP contribution < -0.4 is 0 Å². The summed E-state index contributed by atoms with van der Waals surface area (Å²) in [6, 6.07) is 5.36. The number of rotatable bonds is 5. The van der Waals surface area contributed by atoms with Crippen LogP contribution in [0.5, 0.6) is 0 Å². The summed E-state index contributed by atoms with van der Waals surface area (Å²) in [7, 11) is 0. The predicted octanol–water partition coefficient (Wildman–Crippen LogP) is 3.29. The molecule has 1 fully saturated rings. The van der Waals surface area contributed by atoms with Crippen LogP contribution >= 0.6 is 0 Å². The Morgan fingerprint density at radius 3 is 3.00 bits per heavy atom. The van der Waals surface area contributed by atoms with E-state index in [-0.39, 0.29) is 5.91 Å². The van der Waals surface area contributed by atoms with E-state index < -0.39 is 0 Å². The van der Waals surface area contributed by atoms with Gasteiger partial charge in [-0.3, -0.25) is 4.79 Å². The number of ether oxygens (including phenoxy) is 1. The largest absolute Gasteiger partial charge is 0.463 e. The number of carbonyl (C=O) groups excluding carboxylic acids is 1. The van der Waals surface area contributed by atoms with E-state index >= 15 is 0 Å². The van der Waals surface area contributed by atoms with Crippen molar-refractivity contribution >= 4 is 17.0 Å². The van der Waals surface area contributed by atoms with Gasteiger partial charge in [-0.1, -0.05) is 5.16 Å². The van der Waals surface area contributed by atoms with Gasteiger partial charge in [-0.05, 0) is 38.5 Å². The van der Waals surface area contributed by atoms with Crippen molar-refractivity contribution in [3.8, 4) is 11.5 Å². The number of aryl methyl sites for hydroxylation is 1. The Bertz CT molecular complexity index is 910. The van der Waals surface area contributed by atoms with Gasteiger partial charge in [-0.2, -0.15) is 0 Å². The first-order valence-electron chi connectivity index (χ1n) is 8.85. The molecule has 1 unspecified atom stereocenters. The van der Waals surface area contributed by atoms with Gasteiger partial charge in [-0.15, -0.1) is 0 Å². The van der Waals surface area contributed by atoms with Crippen LogP contribution in [0.1, 0.15) is 29.4 Å². The van der Waals surface area contributed by atoms with Gasteiger partial charge in [-0.25, -0.2) is 4.98 Å². The molecule has 0 bridgehead atoms. The Hall–Kier alpha value is -2.67. The highest BCUT2D eigenvalue weighted by molar-refractivity contribution is 6.09. The first-order chi connectivity index (χ1) is 12.7. The van der Waals surface area contributed by atoms with Crippen molar-refractivity contribution in [2.45, 2.75) is 20.3 Å². The maximum Gasteiger partial charge on any atom is 0.259 e. The summed E-state index contributed by atoms with van der Waals surface area (Å²) >= 11 is 0. The molecule has 1 atom stereocenters. The molecule has 0 aliphatic carbocycles. The van der Waals surface area contributed by atoms with Gasteiger partial charge in [0.2, 0.25) is 0 Å². The van der Waals surface area contributed by atoms with Crippen molar-refractivity contribution in [1.82, 2.24) is 15.0 Å². The quantitative estimate of drug-likeness (QED) is 0.698. The molecule has 1 amide bonds. The molecule has 4 heterocycles. The van der Waals surface area contributed by atoms with Crippen LogP contribution in [0.25, 0.3) is 22.6 Å². The second-order valence-electron chi connectivity index (χ2n) is 6.57. The van der Waals surface area contributed by atoms with E-state index in [1.54, 1.807) is 24.5 Å². The lowest BCUT2D eigenvalue weighted by atomic mass is 10.0. The number of hydrogen-bond donors (Lipinski definition) is 0. The molecule has 0 spiro atoms. The zero-order valence-electron chi connectivity index (χ0n) is 14.9. The van der Waals surface area contributed by atoms with E-state index in [1.165, 1.54) is 0 Å². The Morgan fingerprint density at radius 2 is 2.31 bits per heavy atom. The molecule has 136 valence electrons. The molecule has 1 aliphatic heterocycles. The van der Waals surface area contributed by atoms with Crippen molar-refractivity contribution < 1.29 is 18.5 Å². The third-order valence-electron chi connectivity index (χ3n) is 4.73. The summed E-state index contributed by atoms with van der Waals surface area (Å²) in [5.74, 6) is 0.881. The topological polar surface area (TPSA) is 81.6 Å². The summed E-state index contributed by atoms with van der Waals surface area (Å²) in [6.45, 7) is 6.61. The first-order valence-corrected chi connectivity index (χ1v) is 8.85. The number of aromatic nitrogens is 2. The number of pyridine rings is 1. The number of amides is 1. The summed E-state index contributed by atoms with van der Waals surface area (Å²) in [5, 5.41) is 4.68. The van der Waals surface area contributed by atoms with E-state index in [2.05, 4.69) is 10.1 Å². The van der Waals surface area contributed by atoms with Crippen molar-refractivity contribution in [3.63, 3.8) is 0 Å². The molecule has 7 nitrogen and oxygen atoms in total. The normalized spacial score (nSPS) is 17.1. The van der Waals surface area contributed by atoms with Crippen LogP contribution in [-0.2, 0) is 4.74 Å². The van der Waals surface area contributed by atoms with Crippen LogP contribution in [0, 0.1) is 12.8 Å². The minimum atomic E-state index is -0.0501. The zero-order valence-corrected chi connectivity index (χ0v) is 14.9. The molecule has 26 heavy (non-hydrogen) atoms. The van der Waals surface area contributed by atoms with Crippen molar-refractivity contribution in [1.29, 1.82) is 0 Å². The minimum Gasteiger partial charge on any atom is -0.463 e.